The van der Waals surface area contributed by atoms with E-state index >= 15 is 0 Å². The summed E-state index contributed by atoms with van der Waals surface area (Å²) in [5.74, 6) is -1.29. The van der Waals surface area contributed by atoms with Gasteiger partial charge < -0.3 is 4.74 Å². The first kappa shape index (κ1) is 7.98. The highest BCUT2D eigenvalue weighted by Crippen LogP contribution is 2.22. The Hall–Kier alpha value is -1.12. The van der Waals surface area contributed by atoms with Crippen molar-refractivity contribution < 1.29 is 14.3 Å². The highest BCUT2D eigenvalue weighted by molar-refractivity contribution is 6.07. The fourth-order valence-corrected chi connectivity index (χ4v) is 1.02. The summed E-state index contributed by atoms with van der Waals surface area (Å²) in [6.45, 7) is 3.59. The molecule has 1 atom stereocenters. The first-order valence-electron chi connectivity index (χ1n) is 3.63. The number of carbonyl (C=O) groups is 2. The lowest BCUT2D eigenvalue weighted by Gasteiger charge is -1.93. The molecule has 0 aliphatic carbocycles. The Labute approximate surface area is 65.0 Å². The van der Waals surface area contributed by atoms with Crippen LogP contribution in [0.1, 0.15) is 20.3 Å². The van der Waals surface area contributed by atoms with Gasteiger partial charge in [-0.25, -0.2) is 4.79 Å². The van der Waals surface area contributed by atoms with Crippen LogP contribution in [0, 0.1) is 5.92 Å². The summed E-state index contributed by atoms with van der Waals surface area (Å²) >= 11 is 0. The van der Waals surface area contributed by atoms with E-state index in [1.54, 1.807) is 13.0 Å². The quantitative estimate of drug-likeness (QED) is 0.322. The molecule has 1 saturated heterocycles. The molecule has 1 rings (SSSR count). The van der Waals surface area contributed by atoms with Gasteiger partial charge in [-0.15, -0.1) is 0 Å². The second kappa shape index (κ2) is 2.86. The normalized spacial score (nSPS) is 27.8. The first-order chi connectivity index (χ1) is 5.16. The molecular formula is C8H10O3. The molecule has 0 spiro atoms. The number of ether oxygens (including phenoxy) is 1. The monoisotopic (exact) mass is 154 g/mol. The minimum Gasteiger partial charge on any atom is -0.389 e. The van der Waals surface area contributed by atoms with E-state index < -0.39 is 11.9 Å². The molecule has 0 aromatic heterocycles. The molecule has 1 aliphatic heterocycles. The Morgan fingerprint density at radius 3 is 2.55 bits per heavy atom. The number of cyclic esters (lactones) is 2. The van der Waals surface area contributed by atoms with Crippen LogP contribution < -0.4 is 0 Å². The number of hydrogen-bond acceptors (Lipinski definition) is 3. The lowest BCUT2D eigenvalue weighted by Crippen LogP contribution is -2.03. The molecule has 3 heteroatoms. The van der Waals surface area contributed by atoms with E-state index in [-0.39, 0.29) is 5.92 Å². The van der Waals surface area contributed by atoms with Gasteiger partial charge in [-0.05, 0) is 13.3 Å². The third-order valence-corrected chi connectivity index (χ3v) is 1.67. The maximum absolute atomic E-state index is 10.9. The Balaban J connectivity index is 2.88. The average Bonchev–Trinajstić information content (AvgIpc) is 2.17. The Bertz CT molecular complexity index is 227. The van der Waals surface area contributed by atoms with Gasteiger partial charge in [0.15, 0.2) is 0 Å². The van der Waals surface area contributed by atoms with Crippen LogP contribution in [0.5, 0.6) is 0 Å². The zero-order chi connectivity index (χ0) is 8.43. The Morgan fingerprint density at radius 1 is 1.55 bits per heavy atom. The highest BCUT2D eigenvalue weighted by Gasteiger charge is 2.34. The van der Waals surface area contributed by atoms with E-state index in [2.05, 4.69) is 4.74 Å². The molecule has 0 saturated carbocycles. The zero-order valence-corrected chi connectivity index (χ0v) is 6.59. The molecule has 1 fully saturated rings. The van der Waals surface area contributed by atoms with Gasteiger partial charge in [-0.1, -0.05) is 13.0 Å². The number of hydrogen-bond donors (Lipinski definition) is 0. The van der Waals surface area contributed by atoms with Crippen molar-refractivity contribution >= 4 is 11.9 Å². The summed E-state index contributed by atoms with van der Waals surface area (Å²) in [7, 11) is 0. The van der Waals surface area contributed by atoms with Gasteiger partial charge in [0.2, 0.25) is 0 Å². The molecular weight excluding hydrogens is 144 g/mol. The van der Waals surface area contributed by atoms with Crippen LogP contribution in [0.25, 0.3) is 0 Å². The van der Waals surface area contributed by atoms with Gasteiger partial charge in [-0.3, -0.25) is 4.79 Å². The van der Waals surface area contributed by atoms with Crippen molar-refractivity contribution in [3.8, 4) is 0 Å². The Kier molecular flexibility index (Phi) is 2.08. The number of allylic oxidation sites excluding steroid dienone is 1. The fourth-order valence-electron chi connectivity index (χ4n) is 1.02. The summed E-state index contributed by atoms with van der Waals surface area (Å²) in [6.07, 6.45) is 2.49. The molecule has 0 N–H and O–H groups in total. The van der Waals surface area contributed by atoms with Crippen LogP contribution in [0.4, 0.5) is 0 Å². The first-order valence-corrected chi connectivity index (χ1v) is 3.63. The summed E-state index contributed by atoms with van der Waals surface area (Å²) in [6, 6.07) is 0. The standard InChI is InChI=1S/C8H10O3/c1-3-4-6-5(2)7(9)11-8(6)10/h4-5H,3H2,1-2H3. The van der Waals surface area contributed by atoms with Crippen molar-refractivity contribution in [2.24, 2.45) is 5.92 Å². The zero-order valence-electron chi connectivity index (χ0n) is 6.59. The number of carbonyl (C=O) groups excluding carboxylic acids is 2. The molecule has 0 aromatic carbocycles. The molecule has 1 aliphatic rings. The molecule has 0 radical (unpaired) electrons. The molecule has 11 heavy (non-hydrogen) atoms. The van der Waals surface area contributed by atoms with Crippen LogP contribution in [0.2, 0.25) is 0 Å². The summed E-state index contributed by atoms with van der Waals surface area (Å²) in [5, 5.41) is 0. The van der Waals surface area contributed by atoms with E-state index in [0.29, 0.717) is 5.57 Å². The van der Waals surface area contributed by atoms with Gasteiger partial charge in [0.05, 0.1) is 5.92 Å². The highest BCUT2D eigenvalue weighted by atomic mass is 16.6. The Morgan fingerprint density at radius 2 is 2.18 bits per heavy atom. The van der Waals surface area contributed by atoms with E-state index in [1.807, 2.05) is 6.92 Å². The predicted octanol–water partition coefficient (Wildman–Crippen LogP) is 1.04. The third-order valence-electron chi connectivity index (χ3n) is 1.67. The molecule has 1 unspecified atom stereocenters. The lowest BCUT2D eigenvalue weighted by molar-refractivity contribution is -0.152. The molecule has 0 amide bonds. The molecule has 0 bridgehead atoms. The average molecular weight is 154 g/mol. The van der Waals surface area contributed by atoms with Crippen LogP contribution in [0.3, 0.4) is 0 Å². The predicted molar refractivity (Wildman–Crippen MR) is 38.6 cm³/mol. The van der Waals surface area contributed by atoms with Crippen molar-refractivity contribution in [2.75, 3.05) is 0 Å². The lowest BCUT2D eigenvalue weighted by atomic mass is 10.0. The second-order valence-corrected chi connectivity index (χ2v) is 2.50. The minimum atomic E-state index is -0.482. The van der Waals surface area contributed by atoms with E-state index in [1.165, 1.54) is 0 Å². The second-order valence-electron chi connectivity index (χ2n) is 2.50. The SMILES string of the molecule is CCC=C1C(=O)OC(=O)C1C. The summed E-state index contributed by atoms with van der Waals surface area (Å²) in [5.41, 5.74) is 0.498. The third kappa shape index (κ3) is 1.31. The van der Waals surface area contributed by atoms with Crippen LogP contribution in [0.15, 0.2) is 11.6 Å². The van der Waals surface area contributed by atoms with Gasteiger partial charge in [0.1, 0.15) is 0 Å². The number of rotatable bonds is 1. The fraction of sp³-hybridized carbons (Fsp3) is 0.500. The van der Waals surface area contributed by atoms with Crippen molar-refractivity contribution in [1.82, 2.24) is 0 Å². The van der Waals surface area contributed by atoms with E-state index in [9.17, 15) is 9.59 Å². The smallest absolute Gasteiger partial charge is 0.342 e. The van der Waals surface area contributed by atoms with Crippen LogP contribution in [-0.4, -0.2) is 11.9 Å². The van der Waals surface area contributed by atoms with Crippen LogP contribution >= 0.6 is 0 Å². The molecule has 1 heterocycles. The van der Waals surface area contributed by atoms with Crippen molar-refractivity contribution in [2.45, 2.75) is 20.3 Å². The number of esters is 2. The maximum atomic E-state index is 10.9. The molecule has 3 nitrogen and oxygen atoms in total. The largest absolute Gasteiger partial charge is 0.389 e. The molecule has 60 valence electrons. The molecule has 0 aromatic rings. The van der Waals surface area contributed by atoms with Crippen molar-refractivity contribution in [1.29, 1.82) is 0 Å². The van der Waals surface area contributed by atoms with Gasteiger partial charge in [0.25, 0.3) is 0 Å². The maximum Gasteiger partial charge on any atom is 0.342 e. The van der Waals surface area contributed by atoms with Gasteiger partial charge in [-0.2, -0.15) is 0 Å². The summed E-state index contributed by atoms with van der Waals surface area (Å²) < 4.78 is 4.39. The van der Waals surface area contributed by atoms with Crippen molar-refractivity contribution in [3.63, 3.8) is 0 Å². The van der Waals surface area contributed by atoms with Gasteiger partial charge in [0, 0.05) is 5.57 Å². The van der Waals surface area contributed by atoms with Crippen LogP contribution in [-0.2, 0) is 14.3 Å². The van der Waals surface area contributed by atoms with E-state index in [0.717, 1.165) is 6.42 Å². The van der Waals surface area contributed by atoms with E-state index in [4.69, 9.17) is 0 Å². The summed E-state index contributed by atoms with van der Waals surface area (Å²) in [4.78, 5) is 21.7. The van der Waals surface area contributed by atoms with Crippen molar-refractivity contribution in [3.05, 3.63) is 11.6 Å². The van der Waals surface area contributed by atoms with Gasteiger partial charge >= 0.3 is 11.9 Å². The topological polar surface area (TPSA) is 43.4 Å². The minimum absolute atomic E-state index is 0.373.